The van der Waals surface area contributed by atoms with Crippen LogP contribution in [0.25, 0.3) is 5.57 Å². The summed E-state index contributed by atoms with van der Waals surface area (Å²) in [5.74, 6) is 0.469. The minimum Gasteiger partial charge on any atom is -0.147 e. The predicted molar refractivity (Wildman–Crippen MR) is 140 cm³/mol. The van der Waals surface area contributed by atoms with Gasteiger partial charge < -0.3 is 0 Å². The van der Waals surface area contributed by atoms with Crippen LogP contribution in [0.1, 0.15) is 53.6 Å². The summed E-state index contributed by atoms with van der Waals surface area (Å²) < 4.78 is 43.6. The Hall–Kier alpha value is -0.870. The molecule has 0 bridgehead atoms. The molecule has 0 radical (unpaired) electrons. The van der Waals surface area contributed by atoms with E-state index in [1.807, 2.05) is 18.2 Å². The van der Waals surface area contributed by atoms with Crippen LogP contribution in [0.4, 0.5) is 13.2 Å². The third-order valence-corrected chi connectivity index (χ3v) is 25.8. The zero-order valence-electron chi connectivity index (χ0n) is 20.3. The van der Waals surface area contributed by atoms with E-state index in [9.17, 15) is 13.2 Å². The van der Waals surface area contributed by atoms with Crippen LogP contribution in [0, 0.1) is 5.92 Å². The van der Waals surface area contributed by atoms with Crippen LogP contribution in [0.2, 0.25) is 13.1 Å². The molecule has 2 aliphatic rings. The van der Waals surface area contributed by atoms with Gasteiger partial charge in [-0.25, -0.2) is 0 Å². The number of hydrogen-bond donors (Lipinski definition) is 0. The maximum atomic E-state index is 13.9. The molecule has 2 unspecified atom stereocenters. The summed E-state index contributed by atoms with van der Waals surface area (Å²) in [5.41, 5.74) is 6.54. The Bertz CT molecular complexity index is 1230. The SMILES string of the molecule is CC1=C(C)C(C)[C]([Zr]([CH]2C=C(c3ccccc3C(F)(F)F)c3ccccc32)=[Si](C)C)=C1C.Cl.Cl. The largest absolute Gasteiger partial charge is 0.147 e. The maximum absolute atomic E-state index is 13.9. The van der Waals surface area contributed by atoms with Gasteiger partial charge in [-0.15, -0.1) is 24.8 Å². The van der Waals surface area contributed by atoms with E-state index in [2.05, 4.69) is 52.9 Å². The molecule has 0 amide bonds. The van der Waals surface area contributed by atoms with E-state index in [1.165, 1.54) is 34.4 Å². The van der Waals surface area contributed by atoms with Crippen LogP contribution in [0.15, 0.2) is 74.6 Å². The van der Waals surface area contributed by atoms with Gasteiger partial charge in [-0.1, -0.05) is 0 Å². The Morgan fingerprint density at radius 1 is 0.824 bits per heavy atom. The van der Waals surface area contributed by atoms with Gasteiger partial charge >= 0.3 is 198 Å². The minimum atomic E-state index is -4.37. The molecule has 0 spiro atoms. The molecule has 0 heterocycles. The third-order valence-electron chi connectivity index (χ3n) is 7.22. The first kappa shape index (κ1) is 29.4. The zero-order chi connectivity index (χ0) is 23.4. The summed E-state index contributed by atoms with van der Waals surface area (Å²) in [6, 6.07) is 14.2. The van der Waals surface area contributed by atoms with Crippen LogP contribution in [0.5, 0.6) is 0 Å². The first-order valence-electron chi connectivity index (χ1n) is 11.1. The van der Waals surface area contributed by atoms with E-state index >= 15 is 0 Å². The van der Waals surface area contributed by atoms with E-state index in [4.69, 9.17) is 0 Å². The molecule has 2 aromatic carbocycles. The molecule has 34 heavy (non-hydrogen) atoms. The zero-order valence-corrected chi connectivity index (χ0v) is 25.4. The molecule has 7 heteroatoms. The smallest absolute Gasteiger partial charge is 0.147 e. The normalized spacial score (nSPS) is 19.4. The van der Waals surface area contributed by atoms with Gasteiger partial charge in [0.15, 0.2) is 0 Å². The Labute approximate surface area is 221 Å². The van der Waals surface area contributed by atoms with Gasteiger partial charge in [-0.2, -0.15) is 0 Å². The molecule has 4 rings (SSSR count). The van der Waals surface area contributed by atoms with Gasteiger partial charge in [0.1, 0.15) is 0 Å². The van der Waals surface area contributed by atoms with Crippen LogP contribution < -0.4 is 0 Å². The number of alkyl halides is 3. The van der Waals surface area contributed by atoms with Crippen LogP contribution in [-0.2, 0) is 26.5 Å². The second kappa shape index (κ2) is 11.0. The summed E-state index contributed by atoms with van der Waals surface area (Å²) in [7, 11) is 0. The molecule has 182 valence electrons. The molecule has 0 N–H and O–H groups in total. The fraction of sp³-hybridized carbons (Fsp3) is 0.333. The molecular formula is C27H31Cl2F3SiZr. The summed E-state index contributed by atoms with van der Waals surface area (Å²) >= 11 is -2.23. The number of benzene rings is 2. The molecule has 2 aromatic rings. The summed E-state index contributed by atoms with van der Waals surface area (Å²) in [6.07, 6.45) is -2.15. The van der Waals surface area contributed by atoms with Crippen molar-refractivity contribution in [2.24, 2.45) is 5.92 Å². The molecular weight excluding hydrogens is 572 g/mol. The third kappa shape index (κ3) is 5.01. The van der Waals surface area contributed by atoms with Gasteiger partial charge in [0, 0.05) is 0 Å². The van der Waals surface area contributed by atoms with Crippen molar-refractivity contribution in [3.05, 3.63) is 96.9 Å². The molecule has 0 saturated carbocycles. The molecule has 0 aromatic heterocycles. The van der Waals surface area contributed by atoms with Crippen molar-refractivity contribution in [2.75, 3.05) is 0 Å². The van der Waals surface area contributed by atoms with Crippen molar-refractivity contribution < 1.29 is 33.5 Å². The van der Waals surface area contributed by atoms with E-state index in [1.54, 1.807) is 15.4 Å². The first-order chi connectivity index (χ1) is 15.0. The van der Waals surface area contributed by atoms with Crippen molar-refractivity contribution in [1.29, 1.82) is 0 Å². The van der Waals surface area contributed by atoms with Crippen LogP contribution in [0.3, 0.4) is 0 Å². The molecule has 2 atom stereocenters. The average Bonchev–Trinajstić information content (AvgIpc) is 3.21. The van der Waals surface area contributed by atoms with E-state index in [-0.39, 0.29) is 24.8 Å². The van der Waals surface area contributed by atoms with Gasteiger partial charge in [0.25, 0.3) is 0 Å². The van der Waals surface area contributed by atoms with Crippen molar-refractivity contribution >= 4 is 35.8 Å². The Morgan fingerprint density at radius 3 is 1.91 bits per heavy atom. The summed E-state index contributed by atoms with van der Waals surface area (Å²) in [4.78, 5) is 0. The minimum absolute atomic E-state index is 0. The second-order valence-corrected chi connectivity index (χ2v) is 26.6. The molecule has 0 nitrogen and oxygen atoms in total. The van der Waals surface area contributed by atoms with Crippen molar-refractivity contribution in [3.8, 4) is 0 Å². The fourth-order valence-corrected chi connectivity index (χ4v) is 25.0. The van der Waals surface area contributed by atoms with Crippen LogP contribution in [-0.4, -0.2) is 5.43 Å². The Kier molecular flexibility index (Phi) is 9.53. The average molecular weight is 603 g/mol. The van der Waals surface area contributed by atoms with Crippen molar-refractivity contribution in [2.45, 2.75) is 50.6 Å². The predicted octanol–water partition coefficient (Wildman–Crippen LogP) is 9.16. The van der Waals surface area contributed by atoms with E-state index in [0.29, 0.717) is 15.1 Å². The van der Waals surface area contributed by atoms with Crippen LogP contribution >= 0.6 is 24.8 Å². The molecule has 2 aliphatic carbocycles. The number of fused-ring (bicyclic) bond motifs is 1. The summed E-state index contributed by atoms with van der Waals surface area (Å²) in [5, 5.41) is 0. The number of halogens is 5. The fourth-order valence-electron chi connectivity index (χ4n) is 5.35. The van der Waals surface area contributed by atoms with E-state index < -0.39 is 37.5 Å². The maximum Gasteiger partial charge on any atom is -0.147 e. The number of rotatable bonds is 3. The van der Waals surface area contributed by atoms with Gasteiger partial charge in [-0.05, 0) is 0 Å². The first-order valence-corrected chi connectivity index (χ1v) is 19.9. The van der Waals surface area contributed by atoms with Gasteiger partial charge in [0.05, 0.1) is 0 Å². The summed E-state index contributed by atoms with van der Waals surface area (Å²) in [6.45, 7) is 13.9. The molecule has 0 aliphatic heterocycles. The Morgan fingerprint density at radius 2 is 1.38 bits per heavy atom. The van der Waals surface area contributed by atoms with Crippen molar-refractivity contribution in [1.82, 2.24) is 0 Å². The topological polar surface area (TPSA) is 0 Å². The number of allylic oxidation sites excluding steroid dienone is 5. The molecule has 0 fully saturated rings. The Balaban J connectivity index is 0.00000204. The van der Waals surface area contributed by atoms with Crippen molar-refractivity contribution in [3.63, 3.8) is 0 Å². The standard InChI is InChI=1S/C16H10F3.C9H13.C2H6Si.2ClH.Zr/c17-16(18,19)15-8-4-3-7-14(15)13-10-9-11-5-1-2-6-12(11)13;1-6-5-7(2)9(4)8(6)3;1-3-2;;;/h1-10H;6H,1-4H3;1-2H3;2*1H;. The van der Waals surface area contributed by atoms with Gasteiger partial charge in [-0.3, -0.25) is 0 Å². The van der Waals surface area contributed by atoms with E-state index in [0.717, 1.165) is 11.1 Å². The second-order valence-electron chi connectivity index (χ2n) is 9.17. The van der Waals surface area contributed by atoms with Gasteiger partial charge in [0.2, 0.25) is 0 Å². The quantitative estimate of drug-likeness (QED) is 0.308. The number of hydrogen-bond acceptors (Lipinski definition) is 0. The monoisotopic (exact) mass is 600 g/mol. The molecule has 0 saturated heterocycles.